The minimum atomic E-state index is -0.866. The van der Waals surface area contributed by atoms with Gasteiger partial charge in [-0.15, -0.1) is 0 Å². The molecule has 6 heteroatoms. The Hall–Kier alpha value is -2.14. The van der Waals surface area contributed by atoms with Gasteiger partial charge in [-0.2, -0.15) is 0 Å². The molecule has 108 valence electrons. The van der Waals surface area contributed by atoms with Crippen LogP contribution < -0.4 is 0 Å². The number of carbonyl (C=O) groups excluding carboxylic acids is 1. The summed E-state index contributed by atoms with van der Waals surface area (Å²) in [5, 5.41) is 10.9. The molecule has 1 saturated heterocycles. The van der Waals surface area contributed by atoms with Crippen LogP contribution >= 0.6 is 11.6 Å². The lowest BCUT2D eigenvalue weighted by atomic mass is 10.1. The molecule has 1 aromatic heterocycles. The van der Waals surface area contributed by atoms with E-state index in [1.807, 2.05) is 24.3 Å². The number of pyridine rings is 1. The summed E-state index contributed by atoms with van der Waals surface area (Å²) in [5.74, 6) is -1.63. The Morgan fingerprint density at radius 1 is 1.33 bits per heavy atom. The van der Waals surface area contributed by atoms with Gasteiger partial charge in [0.05, 0.1) is 5.92 Å². The van der Waals surface area contributed by atoms with E-state index in [0.29, 0.717) is 13.0 Å². The topological polar surface area (TPSA) is 70.5 Å². The van der Waals surface area contributed by atoms with Crippen LogP contribution in [0.1, 0.15) is 16.9 Å². The monoisotopic (exact) mass is 304 g/mol. The van der Waals surface area contributed by atoms with Crippen LogP contribution in [0, 0.1) is 5.92 Å². The van der Waals surface area contributed by atoms with Crippen molar-refractivity contribution in [1.29, 1.82) is 0 Å². The Balaban J connectivity index is 1.90. The standard InChI is InChI=1S/C15H13ClN2O3/c16-13-11-4-2-1-3-9(11)7-12(17-13)14(19)18-6-5-10(8-18)15(20)21/h1-4,7,10H,5-6,8H2,(H,20,21). The Kier molecular flexibility index (Phi) is 3.51. The number of nitrogens with zero attached hydrogens (tertiary/aromatic N) is 2. The van der Waals surface area contributed by atoms with Crippen LogP contribution in [0.15, 0.2) is 30.3 Å². The number of hydrogen-bond donors (Lipinski definition) is 1. The van der Waals surface area contributed by atoms with Crippen molar-refractivity contribution in [2.45, 2.75) is 6.42 Å². The number of amides is 1. The van der Waals surface area contributed by atoms with E-state index in [4.69, 9.17) is 16.7 Å². The van der Waals surface area contributed by atoms with E-state index in [1.54, 1.807) is 6.07 Å². The molecule has 0 radical (unpaired) electrons. The largest absolute Gasteiger partial charge is 0.481 e. The molecule has 1 fully saturated rings. The van der Waals surface area contributed by atoms with Crippen LogP contribution in [0.4, 0.5) is 0 Å². The highest BCUT2D eigenvalue weighted by atomic mass is 35.5. The molecular weight excluding hydrogens is 292 g/mol. The number of aromatic nitrogens is 1. The number of fused-ring (bicyclic) bond motifs is 1. The third kappa shape index (κ3) is 2.56. The van der Waals surface area contributed by atoms with Crippen molar-refractivity contribution in [3.8, 4) is 0 Å². The fourth-order valence-corrected chi connectivity index (χ4v) is 2.84. The molecule has 0 bridgehead atoms. The summed E-state index contributed by atoms with van der Waals surface area (Å²) < 4.78 is 0. The number of hydrogen-bond acceptors (Lipinski definition) is 3. The van der Waals surface area contributed by atoms with Crippen molar-refractivity contribution in [1.82, 2.24) is 9.88 Å². The molecule has 0 saturated carbocycles. The molecule has 1 unspecified atom stereocenters. The molecule has 5 nitrogen and oxygen atoms in total. The van der Waals surface area contributed by atoms with Gasteiger partial charge in [-0.3, -0.25) is 9.59 Å². The van der Waals surface area contributed by atoms with Crippen molar-refractivity contribution in [2.75, 3.05) is 13.1 Å². The highest BCUT2D eigenvalue weighted by molar-refractivity contribution is 6.34. The van der Waals surface area contributed by atoms with Gasteiger partial charge in [0.15, 0.2) is 0 Å². The molecule has 21 heavy (non-hydrogen) atoms. The van der Waals surface area contributed by atoms with Crippen molar-refractivity contribution in [2.24, 2.45) is 5.92 Å². The third-order valence-corrected chi connectivity index (χ3v) is 4.03. The van der Waals surface area contributed by atoms with Crippen molar-refractivity contribution >= 4 is 34.2 Å². The van der Waals surface area contributed by atoms with Crippen LogP contribution in [-0.2, 0) is 4.79 Å². The molecule has 2 heterocycles. The van der Waals surface area contributed by atoms with Gasteiger partial charge in [0.25, 0.3) is 5.91 Å². The lowest BCUT2D eigenvalue weighted by molar-refractivity contribution is -0.141. The smallest absolute Gasteiger partial charge is 0.308 e. The minimum absolute atomic E-state index is 0.223. The minimum Gasteiger partial charge on any atom is -0.481 e. The first-order valence-corrected chi connectivity index (χ1v) is 7.01. The first-order valence-electron chi connectivity index (χ1n) is 6.63. The number of aliphatic carboxylic acids is 1. The summed E-state index contributed by atoms with van der Waals surface area (Å²) in [6.45, 7) is 0.655. The highest BCUT2D eigenvalue weighted by Gasteiger charge is 2.31. The maximum absolute atomic E-state index is 12.4. The van der Waals surface area contributed by atoms with Crippen LogP contribution in [0.3, 0.4) is 0 Å². The van der Waals surface area contributed by atoms with Gasteiger partial charge < -0.3 is 10.0 Å². The van der Waals surface area contributed by atoms with Crippen molar-refractivity contribution < 1.29 is 14.7 Å². The second-order valence-electron chi connectivity index (χ2n) is 5.09. The van der Waals surface area contributed by atoms with E-state index < -0.39 is 11.9 Å². The lowest BCUT2D eigenvalue weighted by Gasteiger charge is -2.15. The Morgan fingerprint density at radius 2 is 2.10 bits per heavy atom. The second-order valence-corrected chi connectivity index (χ2v) is 5.45. The number of carbonyl (C=O) groups is 2. The van der Waals surface area contributed by atoms with E-state index in [1.165, 1.54) is 4.90 Å². The SMILES string of the molecule is O=C(O)C1CCN(C(=O)c2cc3ccccc3c(Cl)n2)C1. The maximum atomic E-state index is 12.4. The molecule has 1 aliphatic rings. The van der Waals surface area contributed by atoms with Gasteiger partial charge in [0, 0.05) is 18.5 Å². The zero-order valence-corrected chi connectivity index (χ0v) is 11.9. The van der Waals surface area contributed by atoms with Crippen molar-refractivity contribution in [3.63, 3.8) is 0 Å². The predicted molar refractivity (Wildman–Crippen MR) is 78.4 cm³/mol. The summed E-state index contributed by atoms with van der Waals surface area (Å²) in [6.07, 6.45) is 0.475. The molecule has 1 N–H and O–H groups in total. The molecule has 1 aliphatic heterocycles. The van der Waals surface area contributed by atoms with Gasteiger partial charge in [-0.1, -0.05) is 35.9 Å². The van der Waals surface area contributed by atoms with E-state index in [2.05, 4.69) is 4.98 Å². The van der Waals surface area contributed by atoms with Gasteiger partial charge in [-0.05, 0) is 17.9 Å². The molecule has 3 rings (SSSR count). The van der Waals surface area contributed by atoms with Crippen LogP contribution in [0.2, 0.25) is 5.15 Å². The molecule has 1 aromatic carbocycles. The number of carboxylic acid groups (broad SMARTS) is 1. The van der Waals surface area contributed by atoms with E-state index in [9.17, 15) is 9.59 Å². The molecule has 1 atom stereocenters. The number of halogens is 1. The van der Waals surface area contributed by atoms with Crippen LogP contribution in [-0.4, -0.2) is 40.0 Å². The number of likely N-dealkylation sites (tertiary alicyclic amines) is 1. The summed E-state index contributed by atoms with van der Waals surface area (Å²) in [6, 6.07) is 9.12. The van der Waals surface area contributed by atoms with Crippen molar-refractivity contribution in [3.05, 3.63) is 41.2 Å². The number of benzene rings is 1. The second kappa shape index (κ2) is 5.33. The molecule has 2 aromatic rings. The summed E-state index contributed by atoms with van der Waals surface area (Å²) in [7, 11) is 0. The first-order chi connectivity index (χ1) is 10.1. The Morgan fingerprint density at radius 3 is 2.81 bits per heavy atom. The average molecular weight is 305 g/mol. The van der Waals surface area contributed by atoms with Crippen LogP contribution in [0.5, 0.6) is 0 Å². The number of rotatable bonds is 2. The summed E-state index contributed by atoms with van der Waals surface area (Å²) in [4.78, 5) is 29.0. The summed E-state index contributed by atoms with van der Waals surface area (Å²) >= 11 is 6.12. The lowest BCUT2D eigenvalue weighted by Crippen LogP contribution is -2.30. The normalized spacial score (nSPS) is 18.1. The maximum Gasteiger partial charge on any atom is 0.308 e. The Labute approximate surface area is 126 Å². The fourth-order valence-electron chi connectivity index (χ4n) is 2.57. The number of carboxylic acids is 1. The van der Waals surface area contributed by atoms with Crippen LogP contribution in [0.25, 0.3) is 10.8 Å². The van der Waals surface area contributed by atoms with Gasteiger partial charge >= 0.3 is 5.97 Å². The zero-order chi connectivity index (χ0) is 15.0. The molecule has 0 spiro atoms. The summed E-state index contributed by atoms with van der Waals surface area (Å²) in [5.41, 5.74) is 0.254. The van der Waals surface area contributed by atoms with E-state index in [0.717, 1.165) is 10.8 Å². The third-order valence-electron chi connectivity index (χ3n) is 3.74. The van der Waals surface area contributed by atoms with Gasteiger partial charge in [0.2, 0.25) is 0 Å². The highest BCUT2D eigenvalue weighted by Crippen LogP contribution is 2.24. The van der Waals surface area contributed by atoms with E-state index in [-0.39, 0.29) is 23.3 Å². The van der Waals surface area contributed by atoms with Gasteiger partial charge in [-0.25, -0.2) is 4.98 Å². The first kappa shape index (κ1) is 13.8. The zero-order valence-electron chi connectivity index (χ0n) is 11.1. The molecule has 1 amide bonds. The fraction of sp³-hybridized carbons (Fsp3) is 0.267. The predicted octanol–water partition coefficient (Wildman–Crippen LogP) is 2.43. The van der Waals surface area contributed by atoms with Gasteiger partial charge in [0.1, 0.15) is 10.8 Å². The molecular formula is C15H13ClN2O3. The van der Waals surface area contributed by atoms with E-state index >= 15 is 0 Å². The quantitative estimate of drug-likeness (QED) is 0.865. The average Bonchev–Trinajstić information content (AvgIpc) is 2.96. The Bertz CT molecular complexity index is 732. The molecule has 0 aliphatic carbocycles.